The van der Waals surface area contributed by atoms with Crippen LogP contribution in [0.5, 0.6) is 0 Å². The van der Waals surface area contributed by atoms with Gasteiger partial charge >= 0.3 is 6.18 Å². The molecule has 0 aliphatic carbocycles. The van der Waals surface area contributed by atoms with Crippen molar-refractivity contribution in [1.82, 2.24) is 9.97 Å². The summed E-state index contributed by atoms with van der Waals surface area (Å²) in [5.74, 6) is 3.66. The Morgan fingerprint density at radius 3 is 2.44 bits per heavy atom. The summed E-state index contributed by atoms with van der Waals surface area (Å²) in [5.41, 5.74) is 2.06. The fraction of sp³-hybridized carbons (Fsp3) is 0.556. The topological polar surface area (TPSA) is 84.1 Å². The van der Waals surface area contributed by atoms with Crippen LogP contribution in [0.3, 0.4) is 0 Å². The van der Waals surface area contributed by atoms with E-state index < -0.39 is 18.1 Å². The van der Waals surface area contributed by atoms with E-state index in [0.29, 0.717) is 0 Å². The molecule has 0 radical (unpaired) electrons. The highest BCUT2D eigenvalue weighted by Gasteiger charge is 2.35. The maximum Gasteiger partial charge on any atom is 0.451 e. The van der Waals surface area contributed by atoms with Gasteiger partial charge in [0.25, 0.3) is 0 Å². The number of hydrogen-bond donors (Lipinski definition) is 3. The minimum Gasteiger partial charge on any atom is -0.392 e. The summed E-state index contributed by atoms with van der Waals surface area (Å²) in [6.07, 6.45) is -5.32. The lowest BCUT2D eigenvalue weighted by atomic mass is 10.3. The molecule has 2 atom stereocenters. The molecule has 4 N–H and O–H groups in total. The number of nitrogens with zero attached hydrogens (tertiary/aromatic N) is 2. The van der Waals surface area contributed by atoms with E-state index in [1.54, 1.807) is 13.8 Å². The summed E-state index contributed by atoms with van der Waals surface area (Å²) in [5, 5.41) is 9.11. The van der Waals surface area contributed by atoms with Gasteiger partial charge < -0.3 is 10.5 Å². The zero-order valence-electron chi connectivity index (χ0n) is 9.69. The van der Waals surface area contributed by atoms with Crippen LogP contribution in [-0.4, -0.2) is 26.4 Å². The van der Waals surface area contributed by atoms with Gasteiger partial charge in [0.2, 0.25) is 5.82 Å². The number of hydrogen-bond acceptors (Lipinski definition) is 6. The van der Waals surface area contributed by atoms with Gasteiger partial charge in [-0.1, -0.05) is 6.92 Å². The van der Waals surface area contributed by atoms with Crippen LogP contribution in [0, 0.1) is 0 Å². The highest BCUT2D eigenvalue weighted by Crippen LogP contribution is 2.31. The van der Waals surface area contributed by atoms with Gasteiger partial charge in [-0.15, -0.1) is 11.8 Å². The van der Waals surface area contributed by atoms with Gasteiger partial charge in [-0.2, -0.15) is 13.2 Å². The first-order chi connectivity index (χ1) is 8.24. The Morgan fingerprint density at radius 2 is 2.00 bits per heavy atom. The third-order valence-electron chi connectivity index (χ3n) is 2.09. The van der Waals surface area contributed by atoms with Crippen LogP contribution in [0.4, 0.5) is 19.0 Å². The zero-order valence-corrected chi connectivity index (χ0v) is 10.5. The molecule has 0 saturated heterocycles. The second kappa shape index (κ2) is 5.72. The third-order valence-corrected chi connectivity index (χ3v) is 3.31. The van der Waals surface area contributed by atoms with Crippen LogP contribution < -0.4 is 11.3 Å². The number of nitrogens with one attached hydrogen (secondary N) is 1. The molecule has 1 aromatic heterocycles. The Kier molecular flexibility index (Phi) is 4.77. The molecule has 0 amide bonds. The molecule has 5 nitrogen and oxygen atoms in total. The molecule has 1 aromatic rings. The Balaban J connectivity index is 3.05. The molecule has 0 saturated carbocycles. The Hall–Kier alpha value is -1.06. The average Bonchev–Trinajstić information content (AvgIpc) is 2.27. The summed E-state index contributed by atoms with van der Waals surface area (Å²) < 4.78 is 37.6. The molecule has 0 bridgehead atoms. The Morgan fingerprint density at radius 1 is 1.39 bits per heavy atom. The Bertz CT molecular complexity index is 413. The van der Waals surface area contributed by atoms with E-state index >= 15 is 0 Å². The van der Waals surface area contributed by atoms with Crippen LogP contribution >= 0.6 is 11.8 Å². The lowest BCUT2D eigenvalue weighted by molar-refractivity contribution is -0.145. The van der Waals surface area contributed by atoms with Crippen LogP contribution in [0.2, 0.25) is 0 Å². The van der Waals surface area contributed by atoms with Crippen molar-refractivity contribution < 1.29 is 18.3 Å². The second-order valence-electron chi connectivity index (χ2n) is 3.62. The molecule has 102 valence electrons. The van der Waals surface area contributed by atoms with E-state index in [1.807, 2.05) is 0 Å². The number of alkyl halides is 3. The van der Waals surface area contributed by atoms with Crippen molar-refractivity contribution in [2.24, 2.45) is 5.84 Å². The number of aliphatic hydroxyl groups excluding tert-OH is 1. The number of halogens is 3. The van der Waals surface area contributed by atoms with Gasteiger partial charge in [0.15, 0.2) is 0 Å². The minimum atomic E-state index is -4.64. The standard InChI is InChI=1S/C9H13F3N4OS/c1-4(17)5(2)18-7-3-6(16-13)14-8(15-7)9(10,11)12/h3-5,17H,13H2,1-2H3,(H,14,15,16). The summed E-state index contributed by atoms with van der Waals surface area (Å²) in [4.78, 5) is 6.62. The van der Waals surface area contributed by atoms with Gasteiger partial charge in [0.1, 0.15) is 10.8 Å². The third kappa shape index (κ3) is 4.00. The van der Waals surface area contributed by atoms with Crippen LogP contribution in [0.1, 0.15) is 19.7 Å². The number of nitrogen functional groups attached to an aromatic ring is 1. The number of thioether (sulfide) groups is 1. The highest BCUT2D eigenvalue weighted by atomic mass is 32.2. The quantitative estimate of drug-likeness (QED) is 0.337. The zero-order chi connectivity index (χ0) is 13.9. The van der Waals surface area contributed by atoms with E-state index in [9.17, 15) is 18.3 Å². The average molecular weight is 282 g/mol. The first-order valence-electron chi connectivity index (χ1n) is 5.01. The number of aliphatic hydroxyl groups is 1. The number of nitrogens with two attached hydrogens (primary N) is 1. The van der Waals surface area contributed by atoms with Crippen molar-refractivity contribution in [1.29, 1.82) is 0 Å². The molecule has 9 heteroatoms. The molecule has 18 heavy (non-hydrogen) atoms. The van der Waals surface area contributed by atoms with Gasteiger partial charge in [-0.25, -0.2) is 15.8 Å². The molecular formula is C9H13F3N4OS. The molecule has 0 aromatic carbocycles. The molecule has 1 heterocycles. The predicted octanol–water partition coefficient (Wildman–Crippen LogP) is 1.64. The summed E-state index contributed by atoms with van der Waals surface area (Å²) in [7, 11) is 0. The number of anilines is 1. The highest BCUT2D eigenvalue weighted by molar-refractivity contribution is 7.99. The molecule has 1 rings (SSSR count). The molecule has 0 spiro atoms. The minimum absolute atomic E-state index is 0.0960. The lowest BCUT2D eigenvalue weighted by Crippen LogP contribution is -2.18. The van der Waals surface area contributed by atoms with E-state index in [4.69, 9.17) is 5.84 Å². The van der Waals surface area contributed by atoms with Gasteiger partial charge in [0, 0.05) is 11.3 Å². The van der Waals surface area contributed by atoms with Crippen molar-refractivity contribution in [2.75, 3.05) is 5.43 Å². The summed E-state index contributed by atoms with van der Waals surface area (Å²) in [6, 6.07) is 1.29. The van der Waals surface area contributed by atoms with E-state index in [-0.39, 0.29) is 16.1 Å². The van der Waals surface area contributed by atoms with Crippen molar-refractivity contribution in [3.8, 4) is 0 Å². The predicted molar refractivity (Wildman–Crippen MR) is 61.8 cm³/mol. The number of aromatic nitrogens is 2. The van der Waals surface area contributed by atoms with Gasteiger partial charge in [-0.05, 0) is 6.92 Å². The van der Waals surface area contributed by atoms with Crippen LogP contribution in [0.15, 0.2) is 11.1 Å². The SMILES string of the molecule is CC(O)C(C)Sc1cc(NN)nc(C(F)(F)F)n1. The van der Waals surface area contributed by atoms with Crippen LogP contribution in [-0.2, 0) is 6.18 Å². The maximum absolute atomic E-state index is 12.5. The van der Waals surface area contributed by atoms with Crippen molar-refractivity contribution in [3.63, 3.8) is 0 Å². The van der Waals surface area contributed by atoms with Gasteiger partial charge in [0.05, 0.1) is 6.10 Å². The number of rotatable bonds is 4. The monoisotopic (exact) mass is 282 g/mol. The fourth-order valence-corrected chi connectivity index (χ4v) is 1.87. The van der Waals surface area contributed by atoms with Crippen LogP contribution in [0.25, 0.3) is 0 Å². The first kappa shape index (κ1) is 15.0. The molecule has 2 unspecified atom stereocenters. The molecule has 0 fully saturated rings. The van der Waals surface area contributed by atoms with E-state index in [0.717, 1.165) is 11.8 Å². The second-order valence-corrected chi connectivity index (χ2v) is 5.02. The number of hydrazine groups is 1. The molecular weight excluding hydrogens is 269 g/mol. The molecule has 0 aliphatic heterocycles. The van der Waals surface area contributed by atoms with E-state index in [1.165, 1.54) is 6.07 Å². The fourth-order valence-electron chi connectivity index (χ4n) is 0.975. The lowest BCUT2D eigenvalue weighted by Gasteiger charge is -2.15. The van der Waals surface area contributed by atoms with E-state index in [2.05, 4.69) is 15.4 Å². The largest absolute Gasteiger partial charge is 0.451 e. The summed E-state index contributed by atoms with van der Waals surface area (Å²) in [6.45, 7) is 3.23. The molecule has 0 aliphatic rings. The van der Waals surface area contributed by atoms with Crippen molar-refractivity contribution in [2.45, 2.75) is 36.4 Å². The first-order valence-corrected chi connectivity index (χ1v) is 5.89. The van der Waals surface area contributed by atoms with Gasteiger partial charge in [-0.3, -0.25) is 0 Å². The van der Waals surface area contributed by atoms with Crippen molar-refractivity contribution >= 4 is 17.6 Å². The smallest absolute Gasteiger partial charge is 0.392 e. The van der Waals surface area contributed by atoms with Crippen molar-refractivity contribution in [3.05, 3.63) is 11.9 Å². The maximum atomic E-state index is 12.5. The summed E-state index contributed by atoms with van der Waals surface area (Å²) >= 11 is 1.01. The normalized spacial score (nSPS) is 15.3. The Labute approximate surface area is 106 Å².